The van der Waals surface area contributed by atoms with Gasteiger partial charge in [0, 0.05) is 5.39 Å². The standard InChI is InChI=1S/C10H9O4P.H2O/c11-15(12,13)14-10-7-3-5-8-4-1-2-6-9(8)10;/h1-7H,(H2,11,12,13);1H2. The van der Waals surface area contributed by atoms with Crippen LogP contribution in [0.15, 0.2) is 42.5 Å². The highest BCUT2D eigenvalue weighted by Gasteiger charge is 2.16. The zero-order chi connectivity index (χ0) is 10.9. The first-order valence-corrected chi connectivity index (χ1v) is 5.82. The molecule has 0 radical (unpaired) electrons. The molecule has 0 aliphatic heterocycles. The van der Waals surface area contributed by atoms with Crippen LogP contribution in [-0.2, 0) is 4.57 Å². The molecule has 2 aromatic rings. The van der Waals surface area contributed by atoms with Crippen molar-refractivity contribution in [1.29, 1.82) is 0 Å². The molecular weight excluding hydrogens is 231 g/mol. The summed E-state index contributed by atoms with van der Waals surface area (Å²) in [7, 11) is -4.49. The molecule has 0 aliphatic carbocycles. The van der Waals surface area contributed by atoms with Crippen LogP contribution in [0, 0.1) is 0 Å². The van der Waals surface area contributed by atoms with Crippen LogP contribution in [0.25, 0.3) is 10.8 Å². The summed E-state index contributed by atoms with van der Waals surface area (Å²) in [4.78, 5) is 17.4. The number of phosphoric acid groups is 1. The Morgan fingerprint density at radius 3 is 2.31 bits per heavy atom. The van der Waals surface area contributed by atoms with Crippen molar-refractivity contribution in [3.8, 4) is 5.75 Å². The van der Waals surface area contributed by atoms with E-state index in [1.807, 2.05) is 18.2 Å². The number of hydrogen-bond donors (Lipinski definition) is 2. The van der Waals surface area contributed by atoms with Gasteiger partial charge in [0.25, 0.3) is 0 Å². The minimum atomic E-state index is -4.49. The maximum Gasteiger partial charge on any atom is 0.524 e. The minimum Gasteiger partial charge on any atom is -0.412 e. The second-order valence-electron chi connectivity index (χ2n) is 3.06. The fourth-order valence-corrected chi connectivity index (χ4v) is 1.82. The first-order valence-electron chi connectivity index (χ1n) is 4.29. The van der Waals surface area contributed by atoms with Crippen molar-refractivity contribution in [2.45, 2.75) is 0 Å². The van der Waals surface area contributed by atoms with Gasteiger partial charge < -0.3 is 10.00 Å². The zero-order valence-corrected chi connectivity index (χ0v) is 9.09. The Morgan fingerprint density at radius 1 is 1.00 bits per heavy atom. The summed E-state index contributed by atoms with van der Waals surface area (Å²) in [5.74, 6) is 0.196. The van der Waals surface area contributed by atoms with Crippen molar-refractivity contribution >= 4 is 18.6 Å². The third-order valence-electron chi connectivity index (χ3n) is 1.97. The molecule has 0 heterocycles. The van der Waals surface area contributed by atoms with Gasteiger partial charge in [-0.15, -0.1) is 0 Å². The van der Waals surface area contributed by atoms with E-state index in [1.165, 1.54) is 6.07 Å². The molecule has 0 spiro atoms. The van der Waals surface area contributed by atoms with Gasteiger partial charge in [0.15, 0.2) is 0 Å². The first-order chi connectivity index (χ1) is 7.06. The van der Waals surface area contributed by atoms with Gasteiger partial charge in [-0.05, 0) is 11.5 Å². The van der Waals surface area contributed by atoms with Crippen LogP contribution in [0.4, 0.5) is 0 Å². The van der Waals surface area contributed by atoms with Crippen molar-refractivity contribution in [3.63, 3.8) is 0 Å². The molecule has 0 bridgehead atoms. The van der Waals surface area contributed by atoms with Crippen LogP contribution in [0.5, 0.6) is 5.75 Å². The van der Waals surface area contributed by atoms with Crippen molar-refractivity contribution in [3.05, 3.63) is 42.5 Å². The number of hydrogen-bond acceptors (Lipinski definition) is 2. The predicted octanol–water partition coefficient (Wildman–Crippen LogP) is 1.49. The Hall–Kier alpha value is -1.39. The zero-order valence-electron chi connectivity index (χ0n) is 8.20. The van der Waals surface area contributed by atoms with Crippen LogP contribution in [0.2, 0.25) is 0 Å². The molecule has 0 unspecified atom stereocenters. The van der Waals surface area contributed by atoms with Gasteiger partial charge in [-0.25, -0.2) is 4.57 Å². The Balaban J connectivity index is 0.00000128. The van der Waals surface area contributed by atoms with E-state index in [2.05, 4.69) is 4.52 Å². The Bertz CT molecular complexity index is 528. The van der Waals surface area contributed by atoms with Crippen LogP contribution < -0.4 is 4.52 Å². The quantitative estimate of drug-likeness (QED) is 0.779. The lowest BCUT2D eigenvalue weighted by Gasteiger charge is -2.09. The van der Waals surface area contributed by atoms with Gasteiger partial charge >= 0.3 is 7.82 Å². The highest BCUT2D eigenvalue weighted by Crippen LogP contribution is 2.40. The molecule has 0 aromatic heterocycles. The SMILES string of the molecule is O.O=P(O)(O)Oc1cccc2ccccc12. The van der Waals surface area contributed by atoms with Gasteiger partial charge in [-0.1, -0.05) is 36.4 Å². The smallest absolute Gasteiger partial charge is 0.412 e. The van der Waals surface area contributed by atoms with Crippen molar-refractivity contribution in [2.75, 3.05) is 0 Å². The van der Waals surface area contributed by atoms with E-state index in [-0.39, 0.29) is 11.2 Å². The molecule has 2 aromatic carbocycles. The number of phosphoric ester groups is 1. The van der Waals surface area contributed by atoms with Crippen molar-refractivity contribution < 1.29 is 24.4 Å². The molecule has 4 N–H and O–H groups in total. The maximum atomic E-state index is 10.7. The van der Waals surface area contributed by atoms with Crippen LogP contribution in [0.3, 0.4) is 0 Å². The van der Waals surface area contributed by atoms with Gasteiger partial charge in [0.2, 0.25) is 0 Å². The van der Waals surface area contributed by atoms with E-state index in [1.54, 1.807) is 18.2 Å². The summed E-state index contributed by atoms with van der Waals surface area (Å²) in [5, 5.41) is 1.56. The minimum absolute atomic E-state index is 0. The Kier molecular flexibility index (Phi) is 3.67. The van der Waals surface area contributed by atoms with Crippen molar-refractivity contribution in [1.82, 2.24) is 0 Å². The molecule has 2 rings (SSSR count). The highest BCUT2D eigenvalue weighted by atomic mass is 31.2. The fourth-order valence-electron chi connectivity index (χ4n) is 1.40. The summed E-state index contributed by atoms with van der Waals surface area (Å²) in [6.45, 7) is 0. The van der Waals surface area contributed by atoms with Crippen LogP contribution in [-0.4, -0.2) is 15.3 Å². The highest BCUT2D eigenvalue weighted by molar-refractivity contribution is 7.46. The average molecular weight is 242 g/mol. The molecule has 0 fully saturated rings. The summed E-state index contributed by atoms with van der Waals surface area (Å²) in [5.41, 5.74) is 0. The van der Waals surface area contributed by atoms with Crippen molar-refractivity contribution in [2.24, 2.45) is 0 Å². The summed E-state index contributed by atoms with van der Waals surface area (Å²) < 4.78 is 15.3. The molecule has 0 aliphatic rings. The molecule has 6 heteroatoms. The molecule has 5 nitrogen and oxygen atoms in total. The lowest BCUT2D eigenvalue weighted by Crippen LogP contribution is -1.90. The number of benzene rings is 2. The second-order valence-corrected chi connectivity index (χ2v) is 4.22. The van der Waals surface area contributed by atoms with Gasteiger partial charge in [-0.3, -0.25) is 9.79 Å². The second kappa shape index (κ2) is 4.63. The lowest BCUT2D eigenvalue weighted by atomic mass is 10.1. The first kappa shape index (κ1) is 12.7. The van der Waals surface area contributed by atoms with E-state index in [9.17, 15) is 4.57 Å². The van der Waals surface area contributed by atoms with Crippen LogP contribution in [0.1, 0.15) is 0 Å². The topological polar surface area (TPSA) is 98.3 Å². The third kappa shape index (κ3) is 2.81. The van der Waals surface area contributed by atoms with Gasteiger partial charge in [0.1, 0.15) is 5.75 Å². The number of rotatable bonds is 2. The van der Waals surface area contributed by atoms with E-state index < -0.39 is 7.82 Å². The molecule has 86 valence electrons. The fraction of sp³-hybridized carbons (Fsp3) is 0. The Morgan fingerprint density at radius 2 is 1.62 bits per heavy atom. The number of fused-ring (bicyclic) bond motifs is 1. The van der Waals surface area contributed by atoms with E-state index >= 15 is 0 Å². The van der Waals surface area contributed by atoms with E-state index in [4.69, 9.17) is 9.79 Å². The normalized spacial score (nSPS) is 10.9. The van der Waals surface area contributed by atoms with E-state index in [0.717, 1.165) is 5.39 Å². The molecule has 0 saturated carbocycles. The van der Waals surface area contributed by atoms with Gasteiger partial charge in [-0.2, -0.15) is 0 Å². The average Bonchev–Trinajstić information content (AvgIpc) is 2.16. The molecular formula is C10H11O5P. The summed E-state index contributed by atoms with van der Waals surface area (Å²) in [6.07, 6.45) is 0. The van der Waals surface area contributed by atoms with Crippen LogP contribution >= 0.6 is 7.82 Å². The molecule has 16 heavy (non-hydrogen) atoms. The monoisotopic (exact) mass is 242 g/mol. The maximum absolute atomic E-state index is 10.7. The van der Waals surface area contributed by atoms with E-state index in [0.29, 0.717) is 5.39 Å². The lowest BCUT2D eigenvalue weighted by molar-refractivity contribution is 0.284. The van der Waals surface area contributed by atoms with Gasteiger partial charge in [0.05, 0.1) is 0 Å². The largest absolute Gasteiger partial charge is 0.524 e. The molecule has 0 atom stereocenters. The summed E-state index contributed by atoms with van der Waals surface area (Å²) in [6, 6.07) is 12.3. The third-order valence-corrected chi connectivity index (χ3v) is 2.40. The molecule has 0 amide bonds. The Labute approximate surface area is 91.8 Å². The summed E-state index contributed by atoms with van der Waals surface area (Å²) >= 11 is 0. The predicted molar refractivity (Wildman–Crippen MR) is 60.2 cm³/mol. The molecule has 0 saturated heterocycles.